The van der Waals surface area contributed by atoms with Gasteiger partial charge in [-0.15, -0.1) is 0 Å². The minimum absolute atomic E-state index is 0.131. The summed E-state index contributed by atoms with van der Waals surface area (Å²) in [6.07, 6.45) is 3.21. The summed E-state index contributed by atoms with van der Waals surface area (Å²) in [5.41, 5.74) is 1.06. The number of aliphatic hydroxyl groups is 2. The highest BCUT2D eigenvalue weighted by Gasteiger charge is 2.35. The lowest BCUT2D eigenvalue weighted by atomic mass is 10.2. The van der Waals surface area contributed by atoms with E-state index in [4.69, 9.17) is 9.84 Å². The van der Waals surface area contributed by atoms with Crippen LogP contribution in [0.4, 0.5) is 5.82 Å². The highest BCUT2D eigenvalue weighted by Crippen LogP contribution is 2.31. The van der Waals surface area contributed by atoms with Crippen molar-refractivity contribution in [3.8, 4) is 0 Å². The molecule has 1 aliphatic heterocycles. The van der Waals surface area contributed by atoms with Crippen LogP contribution in [0.2, 0.25) is 0 Å². The molecule has 0 amide bonds. The predicted molar refractivity (Wildman–Crippen MR) is 78.8 cm³/mol. The third-order valence-corrected chi connectivity index (χ3v) is 3.39. The Balaban J connectivity index is 1.98. The summed E-state index contributed by atoms with van der Waals surface area (Å²) in [5.74, 6) is 0.448. The van der Waals surface area contributed by atoms with Crippen LogP contribution in [0.15, 0.2) is 17.6 Å². The number of rotatable bonds is 4. The van der Waals surface area contributed by atoms with Crippen molar-refractivity contribution < 1.29 is 14.9 Å². The summed E-state index contributed by atoms with van der Waals surface area (Å²) in [4.78, 5) is 18.6. The van der Waals surface area contributed by atoms with Gasteiger partial charge in [0.25, 0.3) is 0 Å². The van der Waals surface area contributed by atoms with Crippen LogP contribution >= 0.6 is 0 Å². The van der Waals surface area contributed by atoms with Gasteiger partial charge < -0.3 is 19.8 Å². The maximum absolute atomic E-state index is 10.1. The molecule has 0 aliphatic carbocycles. The van der Waals surface area contributed by atoms with E-state index < -0.39 is 12.3 Å². The lowest BCUT2D eigenvalue weighted by Crippen LogP contribution is -2.19. The van der Waals surface area contributed by atoms with Crippen LogP contribution in [-0.2, 0) is 4.74 Å². The van der Waals surface area contributed by atoms with Crippen LogP contribution in [0.25, 0.3) is 11.2 Å². The molecule has 2 aromatic rings. The number of nitrogens with zero attached hydrogens (tertiary/aromatic N) is 6. The van der Waals surface area contributed by atoms with Gasteiger partial charge in [0.2, 0.25) is 0 Å². The molecule has 1 fully saturated rings. The first-order valence-electron chi connectivity index (χ1n) is 6.92. The molecule has 3 heterocycles. The van der Waals surface area contributed by atoms with Crippen molar-refractivity contribution in [1.29, 1.82) is 0 Å². The smallest absolute Gasteiger partial charge is 0.184 e. The van der Waals surface area contributed by atoms with Gasteiger partial charge in [-0.25, -0.2) is 19.9 Å². The fourth-order valence-corrected chi connectivity index (χ4v) is 2.39. The molecule has 1 aliphatic rings. The summed E-state index contributed by atoms with van der Waals surface area (Å²) < 4.78 is 7.27. The average Bonchev–Trinajstić information content (AvgIpc) is 3.08. The second-order valence-corrected chi connectivity index (χ2v) is 5.36. The molecule has 2 aromatic heterocycles. The number of hydrogen-bond acceptors (Lipinski definition) is 7. The Kier molecular flexibility index (Phi) is 4.01. The van der Waals surface area contributed by atoms with E-state index in [1.54, 1.807) is 22.1 Å². The Morgan fingerprint density at radius 3 is 2.95 bits per heavy atom. The van der Waals surface area contributed by atoms with E-state index in [2.05, 4.69) is 19.9 Å². The number of hydrogen-bond donors (Lipinski definition) is 2. The van der Waals surface area contributed by atoms with Crippen molar-refractivity contribution in [3.05, 3.63) is 12.7 Å². The zero-order chi connectivity index (χ0) is 15.7. The topological polar surface area (TPSA) is 109 Å². The van der Waals surface area contributed by atoms with Gasteiger partial charge in [-0.05, 0) is 0 Å². The molecule has 118 valence electrons. The summed E-state index contributed by atoms with van der Waals surface area (Å²) in [6.45, 7) is -0.131. The van der Waals surface area contributed by atoms with Crippen molar-refractivity contribution in [3.63, 3.8) is 0 Å². The van der Waals surface area contributed by atoms with Gasteiger partial charge in [-0.3, -0.25) is 4.57 Å². The van der Waals surface area contributed by atoms with E-state index in [0.29, 0.717) is 23.4 Å². The monoisotopic (exact) mass is 306 g/mol. The first-order chi connectivity index (χ1) is 10.6. The minimum Gasteiger partial charge on any atom is -0.394 e. The molecule has 0 spiro atoms. The molecule has 9 nitrogen and oxygen atoms in total. The Morgan fingerprint density at radius 2 is 2.27 bits per heavy atom. The minimum atomic E-state index is -0.724. The number of aromatic nitrogens is 4. The van der Waals surface area contributed by atoms with Crippen molar-refractivity contribution in [1.82, 2.24) is 24.4 Å². The fourth-order valence-electron chi connectivity index (χ4n) is 2.39. The molecular weight excluding hydrogens is 288 g/mol. The maximum atomic E-state index is 10.1. The summed E-state index contributed by atoms with van der Waals surface area (Å²) in [7, 11) is 3.72. The molecule has 3 atom stereocenters. The Morgan fingerprint density at radius 1 is 1.45 bits per heavy atom. The van der Waals surface area contributed by atoms with Crippen LogP contribution in [-0.4, -0.2) is 73.9 Å². The fraction of sp³-hybridized carbons (Fsp3) is 0.538. The van der Waals surface area contributed by atoms with Gasteiger partial charge in [-0.2, -0.15) is 0 Å². The van der Waals surface area contributed by atoms with E-state index in [1.807, 2.05) is 14.1 Å². The SMILES string of the molecule is CN(C)C=Nc1ncnc2c1ncn2[C@@H]1O[C@H](CO)C[C@H]1O. The first kappa shape index (κ1) is 14.8. The molecular formula is C13H18N6O3. The third-order valence-electron chi connectivity index (χ3n) is 3.39. The largest absolute Gasteiger partial charge is 0.394 e. The van der Waals surface area contributed by atoms with Crippen LogP contribution in [0.3, 0.4) is 0 Å². The van der Waals surface area contributed by atoms with E-state index in [9.17, 15) is 5.11 Å². The lowest BCUT2D eigenvalue weighted by molar-refractivity contribution is -0.0486. The van der Waals surface area contributed by atoms with Gasteiger partial charge in [-0.1, -0.05) is 0 Å². The molecule has 0 radical (unpaired) electrons. The van der Waals surface area contributed by atoms with Crippen LogP contribution in [0.5, 0.6) is 0 Å². The zero-order valence-electron chi connectivity index (χ0n) is 12.4. The Bertz CT molecular complexity index is 685. The Labute approximate surface area is 126 Å². The van der Waals surface area contributed by atoms with Crippen molar-refractivity contribution in [2.75, 3.05) is 20.7 Å². The molecule has 0 unspecified atom stereocenters. The molecule has 1 saturated heterocycles. The maximum Gasteiger partial charge on any atom is 0.184 e. The van der Waals surface area contributed by atoms with Crippen molar-refractivity contribution in [2.24, 2.45) is 4.99 Å². The molecule has 3 rings (SSSR count). The van der Waals surface area contributed by atoms with Gasteiger partial charge in [0, 0.05) is 20.5 Å². The predicted octanol–water partition coefficient (Wildman–Crippen LogP) is -0.312. The normalized spacial score (nSPS) is 25.4. The number of ether oxygens (including phenoxy) is 1. The number of imidazole rings is 1. The molecule has 22 heavy (non-hydrogen) atoms. The summed E-state index contributed by atoms with van der Waals surface area (Å²) in [6, 6.07) is 0. The number of fused-ring (bicyclic) bond motifs is 1. The molecule has 0 saturated carbocycles. The van der Waals surface area contributed by atoms with Crippen LogP contribution in [0, 0.1) is 0 Å². The quantitative estimate of drug-likeness (QED) is 0.589. The standard InChI is InChI=1S/C13H18N6O3/c1-18(2)6-17-11-10-12(15-5-14-11)19(7-16-10)13-9(21)3-8(4-20)22-13/h5-9,13,20-21H,3-4H2,1-2H3/t8-,9+,13+/m0/s1. The Hall–Kier alpha value is -2.10. The second kappa shape index (κ2) is 5.95. The highest BCUT2D eigenvalue weighted by atomic mass is 16.5. The van der Waals surface area contributed by atoms with E-state index in [-0.39, 0.29) is 12.7 Å². The molecule has 9 heteroatoms. The first-order valence-corrected chi connectivity index (χ1v) is 6.92. The second-order valence-electron chi connectivity index (χ2n) is 5.36. The number of aliphatic hydroxyl groups excluding tert-OH is 2. The van der Waals surface area contributed by atoms with Crippen LogP contribution < -0.4 is 0 Å². The third kappa shape index (κ3) is 2.65. The zero-order valence-corrected chi connectivity index (χ0v) is 12.4. The van der Waals surface area contributed by atoms with Gasteiger partial charge in [0.1, 0.15) is 12.4 Å². The van der Waals surface area contributed by atoms with Gasteiger partial charge in [0.05, 0.1) is 25.4 Å². The average molecular weight is 306 g/mol. The molecule has 0 aromatic carbocycles. The van der Waals surface area contributed by atoms with Crippen molar-refractivity contribution >= 4 is 23.3 Å². The van der Waals surface area contributed by atoms with Gasteiger partial charge >= 0.3 is 0 Å². The van der Waals surface area contributed by atoms with E-state index in [1.165, 1.54) is 6.33 Å². The molecule has 2 N–H and O–H groups in total. The lowest BCUT2D eigenvalue weighted by Gasteiger charge is -2.16. The summed E-state index contributed by atoms with van der Waals surface area (Å²) in [5, 5.41) is 19.3. The number of aliphatic imine (C=N–C) groups is 1. The van der Waals surface area contributed by atoms with Gasteiger partial charge in [0.15, 0.2) is 23.2 Å². The van der Waals surface area contributed by atoms with E-state index >= 15 is 0 Å². The molecule has 0 bridgehead atoms. The van der Waals surface area contributed by atoms with Crippen molar-refractivity contribution in [2.45, 2.75) is 24.9 Å². The summed E-state index contributed by atoms with van der Waals surface area (Å²) >= 11 is 0. The van der Waals surface area contributed by atoms with E-state index in [0.717, 1.165) is 0 Å². The highest BCUT2D eigenvalue weighted by molar-refractivity contribution is 5.82. The van der Waals surface area contributed by atoms with Crippen LogP contribution in [0.1, 0.15) is 12.6 Å².